The smallest absolute Gasteiger partial charge is 0.0718 e. The number of nitrogens with two attached hydrogens (primary N) is 1. The van der Waals surface area contributed by atoms with Crippen LogP contribution in [0.15, 0.2) is 24.3 Å². The Morgan fingerprint density at radius 2 is 2.17 bits per heavy atom. The number of rotatable bonds is 6. The van der Waals surface area contributed by atoms with Gasteiger partial charge in [0.2, 0.25) is 0 Å². The number of fused-ring (bicyclic) bond motifs is 1. The zero-order valence-corrected chi connectivity index (χ0v) is 11.9. The maximum atomic E-state index is 6.17. The Kier molecular flexibility index (Phi) is 4.66. The Bertz CT molecular complexity index is 507. The normalized spacial score (nSPS) is 13.1. The van der Waals surface area contributed by atoms with Crippen molar-refractivity contribution in [3.05, 3.63) is 30.0 Å². The summed E-state index contributed by atoms with van der Waals surface area (Å²) in [5.74, 6) is 1.12. The lowest BCUT2D eigenvalue weighted by atomic mass is 10.1. The Morgan fingerprint density at radius 3 is 2.89 bits per heavy atom. The van der Waals surface area contributed by atoms with Crippen LogP contribution in [-0.2, 0) is 13.0 Å². The van der Waals surface area contributed by atoms with Crippen LogP contribution in [0.4, 0.5) is 0 Å². The molecule has 98 valence electrons. The van der Waals surface area contributed by atoms with E-state index in [1.54, 1.807) is 0 Å². The molecule has 1 atom stereocenters. The van der Waals surface area contributed by atoms with Crippen LogP contribution in [0.25, 0.3) is 10.9 Å². The van der Waals surface area contributed by atoms with Crippen LogP contribution in [0, 0.1) is 0 Å². The number of nitrogens with zero attached hydrogens (tertiary/aromatic N) is 2. The molecule has 1 aromatic heterocycles. The van der Waals surface area contributed by atoms with Gasteiger partial charge in [-0.05, 0) is 31.4 Å². The molecule has 4 heteroatoms. The molecule has 2 N–H and O–H groups in total. The maximum absolute atomic E-state index is 6.17. The van der Waals surface area contributed by atoms with Crippen molar-refractivity contribution < 1.29 is 0 Å². The predicted molar refractivity (Wildman–Crippen MR) is 80.1 cm³/mol. The van der Waals surface area contributed by atoms with Crippen LogP contribution in [0.2, 0.25) is 0 Å². The van der Waals surface area contributed by atoms with E-state index in [4.69, 9.17) is 5.73 Å². The van der Waals surface area contributed by atoms with Crippen molar-refractivity contribution >= 4 is 22.7 Å². The standard InChI is InChI=1S/C14H21N3S/c1-3-17-14-7-5-4-6-12(14)13(16-17)10-11(15)8-9-18-2/h4-7,11H,3,8-10,15H2,1-2H3. The van der Waals surface area contributed by atoms with E-state index >= 15 is 0 Å². The van der Waals surface area contributed by atoms with Gasteiger partial charge in [-0.2, -0.15) is 16.9 Å². The van der Waals surface area contributed by atoms with Crippen molar-refractivity contribution in [1.29, 1.82) is 0 Å². The molecule has 0 fully saturated rings. The molecule has 0 saturated carbocycles. The zero-order valence-electron chi connectivity index (χ0n) is 11.1. The summed E-state index contributed by atoms with van der Waals surface area (Å²) in [6, 6.07) is 8.61. The van der Waals surface area contributed by atoms with E-state index < -0.39 is 0 Å². The minimum Gasteiger partial charge on any atom is -0.327 e. The molecule has 0 radical (unpaired) electrons. The molecule has 0 aliphatic carbocycles. The monoisotopic (exact) mass is 263 g/mol. The second-order valence-electron chi connectivity index (χ2n) is 4.53. The van der Waals surface area contributed by atoms with Crippen LogP contribution >= 0.6 is 11.8 Å². The van der Waals surface area contributed by atoms with Crippen molar-refractivity contribution in [2.45, 2.75) is 32.4 Å². The van der Waals surface area contributed by atoms with Crippen LogP contribution in [0.5, 0.6) is 0 Å². The van der Waals surface area contributed by atoms with E-state index in [2.05, 4.69) is 47.2 Å². The summed E-state index contributed by atoms with van der Waals surface area (Å²) in [4.78, 5) is 0. The third kappa shape index (κ3) is 2.87. The Hall–Kier alpha value is -1.00. The first-order chi connectivity index (χ1) is 8.76. The topological polar surface area (TPSA) is 43.8 Å². The maximum Gasteiger partial charge on any atom is 0.0718 e. The van der Waals surface area contributed by atoms with Gasteiger partial charge in [0.1, 0.15) is 0 Å². The third-order valence-electron chi connectivity index (χ3n) is 3.18. The van der Waals surface area contributed by atoms with Gasteiger partial charge in [-0.3, -0.25) is 4.68 Å². The van der Waals surface area contributed by atoms with E-state index in [1.165, 1.54) is 10.9 Å². The van der Waals surface area contributed by atoms with Gasteiger partial charge in [-0.25, -0.2) is 0 Å². The average molecular weight is 263 g/mol. The summed E-state index contributed by atoms with van der Waals surface area (Å²) in [7, 11) is 0. The highest BCUT2D eigenvalue weighted by Crippen LogP contribution is 2.20. The quantitative estimate of drug-likeness (QED) is 0.871. The number of aryl methyl sites for hydroxylation is 1. The predicted octanol–water partition coefficient (Wildman–Crippen LogP) is 2.68. The largest absolute Gasteiger partial charge is 0.327 e. The fourth-order valence-electron chi connectivity index (χ4n) is 2.21. The molecule has 1 aromatic carbocycles. The number of thioether (sulfide) groups is 1. The van der Waals surface area contributed by atoms with Gasteiger partial charge in [-0.15, -0.1) is 0 Å². The number of hydrogen-bond acceptors (Lipinski definition) is 3. The molecule has 1 heterocycles. The second-order valence-corrected chi connectivity index (χ2v) is 5.51. The first-order valence-corrected chi connectivity index (χ1v) is 7.84. The highest BCUT2D eigenvalue weighted by atomic mass is 32.2. The summed E-state index contributed by atoms with van der Waals surface area (Å²) >= 11 is 1.85. The lowest BCUT2D eigenvalue weighted by molar-refractivity contribution is 0.615. The van der Waals surface area contributed by atoms with Crippen molar-refractivity contribution in [2.75, 3.05) is 12.0 Å². The number of hydrogen-bond donors (Lipinski definition) is 1. The van der Waals surface area contributed by atoms with Gasteiger partial charge in [0.25, 0.3) is 0 Å². The van der Waals surface area contributed by atoms with Gasteiger partial charge < -0.3 is 5.73 Å². The van der Waals surface area contributed by atoms with Crippen molar-refractivity contribution in [2.24, 2.45) is 5.73 Å². The molecule has 3 nitrogen and oxygen atoms in total. The molecular weight excluding hydrogens is 242 g/mol. The fourth-order valence-corrected chi connectivity index (χ4v) is 2.75. The Labute approximate surface area is 113 Å². The molecule has 0 saturated heterocycles. The van der Waals surface area contributed by atoms with Gasteiger partial charge in [0, 0.05) is 24.4 Å². The number of aromatic nitrogens is 2. The Morgan fingerprint density at radius 1 is 1.39 bits per heavy atom. The van der Waals surface area contributed by atoms with Crippen LogP contribution in [0.3, 0.4) is 0 Å². The van der Waals surface area contributed by atoms with Crippen LogP contribution in [-0.4, -0.2) is 27.8 Å². The molecule has 1 unspecified atom stereocenters. The lowest BCUT2D eigenvalue weighted by Gasteiger charge is -2.08. The fraction of sp³-hybridized carbons (Fsp3) is 0.500. The molecule has 18 heavy (non-hydrogen) atoms. The van der Waals surface area contributed by atoms with E-state index in [1.807, 2.05) is 11.8 Å². The molecule has 0 spiro atoms. The second kappa shape index (κ2) is 6.25. The molecular formula is C14H21N3S. The summed E-state index contributed by atoms with van der Waals surface area (Å²) in [6.07, 6.45) is 4.04. The first kappa shape index (κ1) is 13.4. The molecule has 0 amide bonds. The summed E-state index contributed by atoms with van der Waals surface area (Å²) < 4.78 is 2.06. The Balaban J connectivity index is 2.22. The minimum atomic E-state index is 0.209. The average Bonchev–Trinajstić information content (AvgIpc) is 2.75. The van der Waals surface area contributed by atoms with Crippen LogP contribution in [0.1, 0.15) is 19.0 Å². The third-order valence-corrected chi connectivity index (χ3v) is 3.83. The first-order valence-electron chi connectivity index (χ1n) is 6.45. The molecule has 2 rings (SSSR count). The van der Waals surface area contributed by atoms with Crippen molar-refractivity contribution in [3.63, 3.8) is 0 Å². The van der Waals surface area contributed by atoms with Crippen molar-refractivity contribution in [3.8, 4) is 0 Å². The van der Waals surface area contributed by atoms with E-state index in [-0.39, 0.29) is 6.04 Å². The van der Waals surface area contributed by atoms with Crippen LogP contribution < -0.4 is 5.73 Å². The van der Waals surface area contributed by atoms with E-state index in [0.29, 0.717) is 0 Å². The van der Waals surface area contributed by atoms with E-state index in [9.17, 15) is 0 Å². The summed E-state index contributed by atoms with van der Waals surface area (Å²) in [5.41, 5.74) is 8.53. The zero-order chi connectivity index (χ0) is 13.0. The number of benzene rings is 1. The lowest BCUT2D eigenvalue weighted by Crippen LogP contribution is -2.23. The van der Waals surface area contributed by atoms with Gasteiger partial charge in [0.15, 0.2) is 0 Å². The van der Waals surface area contributed by atoms with E-state index in [0.717, 1.165) is 30.8 Å². The molecule has 0 bridgehead atoms. The van der Waals surface area contributed by atoms with Gasteiger partial charge >= 0.3 is 0 Å². The van der Waals surface area contributed by atoms with Gasteiger partial charge in [0.05, 0.1) is 11.2 Å². The molecule has 2 aromatic rings. The summed E-state index contributed by atoms with van der Waals surface area (Å²) in [6.45, 7) is 3.03. The summed E-state index contributed by atoms with van der Waals surface area (Å²) in [5, 5.41) is 5.93. The molecule has 0 aliphatic rings. The highest BCUT2D eigenvalue weighted by Gasteiger charge is 2.12. The van der Waals surface area contributed by atoms with Gasteiger partial charge in [-0.1, -0.05) is 18.2 Å². The van der Waals surface area contributed by atoms with Crippen molar-refractivity contribution in [1.82, 2.24) is 9.78 Å². The molecule has 0 aliphatic heterocycles. The highest BCUT2D eigenvalue weighted by molar-refractivity contribution is 7.98. The number of para-hydroxylation sites is 1. The minimum absolute atomic E-state index is 0.209. The SMILES string of the molecule is CCn1nc(CC(N)CCSC)c2ccccc21.